The zero-order valence-electron chi connectivity index (χ0n) is 1.82. The Morgan fingerprint density at radius 3 is 0.500 bits per heavy atom. The van der Waals surface area contributed by atoms with Gasteiger partial charge in [-0.05, 0) is 0 Å². The van der Waals surface area contributed by atoms with Crippen molar-refractivity contribution in [2.24, 2.45) is 0 Å². The molecule has 0 bridgehead atoms. The van der Waals surface area contributed by atoms with Gasteiger partial charge in [0.05, 0.1) is 0 Å². The van der Waals surface area contributed by atoms with Crippen molar-refractivity contribution in [1.82, 2.24) is 0 Å². The standard InChI is InChI=1S/3H2O.Pt/h3*1H2;/q;;;+2. The first kappa shape index (κ1) is 180. The van der Waals surface area contributed by atoms with Crippen LogP contribution in [0.4, 0.5) is 0 Å². The van der Waals surface area contributed by atoms with Gasteiger partial charge in [-0.15, -0.1) is 0 Å². The molecule has 0 spiro atoms. The maximum absolute atomic E-state index is 0. The first-order chi connectivity index (χ1) is 0. The second-order valence-corrected chi connectivity index (χ2v) is 0. The van der Waals surface area contributed by atoms with E-state index in [2.05, 4.69) is 0 Å². The maximum atomic E-state index is 0. The normalized spacial score (nSPS) is 0. The van der Waals surface area contributed by atoms with E-state index < -0.39 is 0 Å². The summed E-state index contributed by atoms with van der Waals surface area (Å²) < 4.78 is 0. The summed E-state index contributed by atoms with van der Waals surface area (Å²) in [5, 5.41) is 0. The quantitative estimate of drug-likeness (QED) is 0.454. The van der Waals surface area contributed by atoms with Crippen molar-refractivity contribution in [1.29, 1.82) is 0 Å². The molecule has 0 aromatic rings. The molecule has 0 heterocycles. The van der Waals surface area contributed by atoms with Gasteiger partial charge in [-0.2, -0.15) is 0 Å². The van der Waals surface area contributed by atoms with Gasteiger partial charge >= 0.3 is 21.1 Å². The van der Waals surface area contributed by atoms with Crippen LogP contribution >= 0.6 is 0 Å². The maximum Gasteiger partial charge on any atom is 2.00 e. The third kappa shape index (κ3) is 19.6. The molecule has 0 radical (unpaired) electrons. The molecule has 0 aliphatic heterocycles. The number of hydrogen-bond donors (Lipinski definition) is 0. The van der Waals surface area contributed by atoms with Gasteiger partial charge in [-0.3, -0.25) is 0 Å². The van der Waals surface area contributed by atoms with E-state index in [1.54, 1.807) is 0 Å². The predicted molar refractivity (Wildman–Crippen MR) is 10.8 cm³/mol. The fourth-order valence-corrected chi connectivity index (χ4v) is 0. The van der Waals surface area contributed by atoms with E-state index in [-0.39, 0.29) is 37.5 Å². The molecule has 0 aliphatic rings. The topological polar surface area (TPSA) is 94.5 Å². The Morgan fingerprint density at radius 1 is 0.500 bits per heavy atom. The van der Waals surface area contributed by atoms with Crippen molar-refractivity contribution in [3.63, 3.8) is 0 Å². The van der Waals surface area contributed by atoms with Gasteiger partial charge in [-0.1, -0.05) is 0 Å². The monoisotopic (exact) mass is 249 g/mol. The second-order valence-electron chi connectivity index (χ2n) is 0. The largest absolute Gasteiger partial charge is 2.00 e. The third-order valence-electron chi connectivity index (χ3n) is 0. The minimum absolute atomic E-state index is 0. The zero-order chi connectivity index (χ0) is 0. The van der Waals surface area contributed by atoms with Crippen LogP contribution in [0.5, 0.6) is 0 Å². The van der Waals surface area contributed by atoms with E-state index in [1.807, 2.05) is 0 Å². The minimum Gasteiger partial charge on any atom is -0.412 e. The van der Waals surface area contributed by atoms with E-state index >= 15 is 0 Å². The van der Waals surface area contributed by atoms with Gasteiger partial charge in [0.15, 0.2) is 0 Å². The van der Waals surface area contributed by atoms with Crippen molar-refractivity contribution < 1.29 is 37.5 Å². The van der Waals surface area contributed by atoms with Gasteiger partial charge in [0.25, 0.3) is 0 Å². The van der Waals surface area contributed by atoms with Crippen LogP contribution in [0.1, 0.15) is 0 Å². The van der Waals surface area contributed by atoms with Gasteiger partial charge in [0.1, 0.15) is 0 Å². The Kier molecular flexibility index (Phi) is 3280. The van der Waals surface area contributed by atoms with Crippen molar-refractivity contribution in [2.45, 2.75) is 0 Å². The Hall–Kier alpha value is 0.568. The summed E-state index contributed by atoms with van der Waals surface area (Å²) in [6, 6.07) is 0. The fourth-order valence-electron chi connectivity index (χ4n) is 0. The molecule has 4 heteroatoms. The zero-order valence-corrected chi connectivity index (χ0v) is 4.09. The van der Waals surface area contributed by atoms with Crippen LogP contribution in [0.25, 0.3) is 0 Å². The van der Waals surface area contributed by atoms with E-state index in [1.165, 1.54) is 0 Å². The van der Waals surface area contributed by atoms with E-state index in [4.69, 9.17) is 0 Å². The van der Waals surface area contributed by atoms with Gasteiger partial charge in [0.2, 0.25) is 0 Å². The Balaban J connectivity index is 0. The average Bonchev–Trinajstić information content (AvgIpc) is 0. The summed E-state index contributed by atoms with van der Waals surface area (Å²) in [6.45, 7) is 0. The molecule has 0 unspecified atom stereocenters. The van der Waals surface area contributed by atoms with E-state index in [9.17, 15) is 0 Å². The van der Waals surface area contributed by atoms with E-state index in [0.717, 1.165) is 0 Å². The summed E-state index contributed by atoms with van der Waals surface area (Å²) >= 11 is 0. The molecule has 6 N–H and O–H groups in total. The van der Waals surface area contributed by atoms with Crippen LogP contribution in [-0.2, 0) is 21.1 Å². The predicted octanol–water partition coefficient (Wildman–Crippen LogP) is -2.48. The van der Waals surface area contributed by atoms with E-state index in [0.29, 0.717) is 0 Å². The first-order valence-corrected chi connectivity index (χ1v) is 0. The molecule has 0 aliphatic carbocycles. The molecular formula is H6O3Pt+2. The second kappa shape index (κ2) is 72.9. The van der Waals surface area contributed by atoms with Crippen LogP contribution in [0.15, 0.2) is 0 Å². The van der Waals surface area contributed by atoms with Crippen LogP contribution in [-0.4, -0.2) is 16.4 Å². The smallest absolute Gasteiger partial charge is 0.412 e. The molecule has 0 aromatic carbocycles. The van der Waals surface area contributed by atoms with Crippen LogP contribution in [0, 0.1) is 0 Å². The van der Waals surface area contributed by atoms with Gasteiger partial charge in [0, 0.05) is 0 Å². The van der Waals surface area contributed by atoms with Crippen molar-refractivity contribution in [3.8, 4) is 0 Å². The van der Waals surface area contributed by atoms with Crippen LogP contribution < -0.4 is 0 Å². The molecule has 0 amide bonds. The molecule has 0 fully saturated rings. The summed E-state index contributed by atoms with van der Waals surface area (Å²) in [5.74, 6) is 0. The molecule has 4 heavy (non-hydrogen) atoms. The van der Waals surface area contributed by atoms with Crippen LogP contribution in [0.2, 0.25) is 0 Å². The Morgan fingerprint density at radius 2 is 0.500 bits per heavy atom. The molecule has 0 rings (SSSR count). The summed E-state index contributed by atoms with van der Waals surface area (Å²) in [4.78, 5) is 0. The Labute approximate surface area is 38.2 Å². The number of rotatable bonds is 0. The number of hydrogen-bond acceptors (Lipinski definition) is 0. The SMILES string of the molecule is O.O.O.[Pt+2]. The molecule has 0 saturated carbocycles. The fraction of sp³-hybridized carbons (Fsp3) is 0. The minimum atomic E-state index is 0. The summed E-state index contributed by atoms with van der Waals surface area (Å²) in [6.07, 6.45) is 0. The molecule has 0 aromatic heterocycles. The Bertz CT molecular complexity index is 3.25. The van der Waals surface area contributed by atoms with Crippen LogP contribution in [0.3, 0.4) is 0 Å². The van der Waals surface area contributed by atoms with Gasteiger partial charge in [-0.25, -0.2) is 0 Å². The molecule has 0 atom stereocenters. The third-order valence-corrected chi connectivity index (χ3v) is 0. The van der Waals surface area contributed by atoms with Gasteiger partial charge < -0.3 is 16.4 Å². The summed E-state index contributed by atoms with van der Waals surface area (Å²) in [5.41, 5.74) is 0. The van der Waals surface area contributed by atoms with Crippen molar-refractivity contribution in [2.75, 3.05) is 0 Å². The average molecular weight is 249 g/mol. The molecule has 32 valence electrons. The van der Waals surface area contributed by atoms with Crippen molar-refractivity contribution >= 4 is 0 Å². The van der Waals surface area contributed by atoms with Crippen molar-refractivity contribution in [3.05, 3.63) is 0 Å². The molecule has 0 saturated heterocycles. The first-order valence-electron chi connectivity index (χ1n) is 0. The summed E-state index contributed by atoms with van der Waals surface area (Å²) in [7, 11) is 0. The molecular weight excluding hydrogens is 243 g/mol. The molecule has 3 nitrogen and oxygen atoms in total.